The Bertz CT molecular complexity index is 747. The van der Waals surface area contributed by atoms with Gasteiger partial charge in [-0.05, 0) is 35.6 Å². The molecule has 0 fully saturated rings. The first-order valence-corrected chi connectivity index (χ1v) is 7.18. The van der Waals surface area contributed by atoms with Gasteiger partial charge in [-0.3, -0.25) is 4.79 Å². The maximum Gasteiger partial charge on any atom is 0.488 e. The fourth-order valence-corrected chi connectivity index (χ4v) is 2.43. The van der Waals surface area contributed by atoms with Crippen LogP contribution in [0.15, 0.2) is 36.4 Å². The lowest BCUT2D eigenvalue weighted by Gasteiger charge is -2.09. The molecule has 0 aromatic heterocycles. The number of carbonyl (C=O) groups excluding carboxylic acids is 1. The number of carbonyl (C=O) groups is 1. The van der Waals surface area contributed by atoms with Crippen LogP contribution in [-0.4, -0.2) is 29.9 Å². The number of hydrogen-bond acceptors (Lipinski definition) is 5. The molecule has 0 bridgehead atoms. The number of amides is 1. The third kappa shape index (κ3) is 3.47. The van der Waals surface area contributed by atoms with Crippen molar-refractivity contribution in [1.29, 1.82) is 0 Å². The summed E-state index contributed by atoms with van der Waals surface area (Å²) in [6.07, 6.45) is 0.197. The van der Waals surface area contributed by atoms with Crippen molar-refractivity contribution >= 4 is 24.2 Å². The number of fused-ring (bicyclic) bond motifs is 1. The van der Waals surface area contributed by atoms with Gasteiger partial charge in [0.15, 0.2) is 11.5 Å². The number of ether oxygens (including phenoxy) is 2. The monoisotopic (exact) mass is 313 g/mol. The Morgan fingerprint density at radius 3 is 2.70 bits per heavy atom. The van der Waals surface area contributed by atoms with Crippen LogP contribution < -0.4 is 20.3 Å². The van der Waals surface area contributed by atoms with Gasteiger partial charge in [-0.15, -0.1) is 0 Å². The predicted molar refractivity (Wildman–Crippen MR) is 85.9 cm³/mol. The van der Waals surface area contributed by atoms with E-state index in [4.69, 9.17) is 19.5 Å². The predicted octanol–water partition coefficient (Wildman–Crippen LogP) is 0.585. The van der Waals surface area contributed by atoms with Crippen molar-refractivity contribution in [2.75, 3.05) is 12.1 Å². The molecule has 0 saturated carbocycles. The molecule has 1 aliphatic rings. The Kier molecular flexibility index (Phi) is 4.23. The van der Waals surface area contributed by atoms with E-state index in [2.05, 4.69) is 5.32 Å². The zero-order valence-electron chi connectivity index (χ0n) is 12.6. The fraction of sp³-hybridized carbons (Fsp3) is 0.188. The molecule has 0 aliphatic carbocycles. The normalized spacial score (nSPS) is 12.1. The van der Waals surface area contributed by atoms with Gasteiger partial charge >= 0.3 is 7.12 Å². The zero-order chi connectivity index (χ0) is 16.4. The Morgan fingerprint density at radius 2 is 1.96 bits per heavy atom. The molecule has 0 unspecified atom stereocenters. The van der Waals surface area contributed by atoms with E-state index in [0.29, 0.717) is 22.6 Å². The number of anilines is 1. The van der Waals surface area contributed by atoms with Crippen molar-refractivity contribution in [3.63, 3.8) is 0 Å². The Morgan fingerprint density at radius 1 is 1.17 bits per heavy atom. The molecule has 1 amide bonds. The van der Waals surface area contributed by atoms with Gasteiger partial charge in [0.2, 0.25) is 12.7 Å². The molecule has 0 spiro atoms. The Hall–Kier alpha value is -2.51. The molecule has 2 aromatic rings. The summed E-state index contributed by atoms with van der Waals surface area (Å²) in [5.41, 5.74) is 2.70. The summed E-state index contributed by atoms with van der Waals surface area (Å²) in [7, 11) is -1.51. The molecule has 0 saturated heterocycles. The van der Waals surface area contributed by atoms with Gasteiger partial charge < -0.3 is 24.8 Å². The number of hydrogen-bond donors (Lipinski definition) is 3. The van der Waals surface area contributed by atoms with Crippen molar-refractivity contribution < 1.29 is 24.3 Å². The highest BCUT2D eigenvalue weighted by atomic mass is 16.7. The molecule has 2 aromatic carbocycles. The van der Waals surface area contributed by atoms with Crippen LogP contribution in [0.1, 0.15) is 11.1 Å². The first-order chi connectivity index (χ1) is 11.0. The standard InChI is InChI=1S/C16H16BNO5/c1-10-6-12(17(20)21)3-2-11(10)7-16(19)18-13-4-5-14-15(8-13)23-9-22-14/h2-6,8,20-21H,7,9H2,1H3,(H,18,19). The second kappa shape index (κ2) is 6.32. The highest BCUT2D eigenvalue weighted by molar-refractivity contribution is 6.58. The maximum absolute atomic E-state index is 12.2. The van der Waals surface area contributed by atoms with E-state index in [-0.39, 0.29) is 19.1 Å². The zero-order valence-corrected chi connectivity index (χ0v) is 12.6. The van der Waals surface area contributed by atoms with Crippen molar-refractivity contribution in [2.45, 2.75) is 13.3 Å². The van der Waals surface area contributed by atoms with Crippen molar-refractivity contribution in [3.8, 4) is 11.5 Å². The minimum Gasteiger partial charge on any atom is -0.454 e. The van der Waals surface area contributed by atoms with Crippen LogP contribution in [0.5, 0.6) is 11.5 Å². The van der Waals surface area contributed by atoms with E-state index in [1.54, 1.807) is 36.4 Å². The number of aryl methyl sites for hydroxylation is 1. The molecule has 3 rings (SSSR count). The van der Waals surface area contributed by atoms with Gasteiger partial charge in [-0.1, -0.05) is 18.2 Å². The maximum atomic E-state index is 12.2. The van der Waals surface area contributed by atoms with Gasteiger partial charge in [0.1, 0.15) is 0 Å². The topological polar surface area (TPSA) is 88.0 Å². The average Bonchev–Trinajstić information content (AvgIpc) is 2.96. The Balaban J connectivity index is 1.67. The lowest BCUT2D eigenvalue weighted by atomic mass is 9.79. The SMILES string of the molecule is Cc1cc(B(O)O)ccc1CC(=O)Nc1ccc2c(c1)OCO2. The number of nitrogens with one attached hydrogen (secondary N) is 1. The third-order valence-electron chi connectivity index (χ3n) is 3.67. The van der Waals surface area contributed by atoms with Crippen molar-refractivity contribution in [3.05, 3.63) is 47.5 Å². The van der Waals surface area contributed by atoms with Crippen LogP contribution in [0.3, 0.4) is 0 Å². The van der Waals surface area contributed by atoms with Gasteiger partial charge in [-0.2, -0.15) is 0 Å². The summed E-state index contributed by atoms with van der Waals surface area (Å²) < 4.78 is 10.5. The molecule has 0 radical (unpaired) electrons. The largest absolute Gasteiger partial charge is 0.488 e. The molecule has 0 atom stereocenters. The lowest BCUT2D eigenvalue weighted by molar-refractivity contribution is -0.115. The number of benzene rings is 2. The number of rotatable bonds is 4. The molecule has 1 heterocycles. The summed E-state index contributed by atoms with van der Waals surface area (Å²) in [5, 5.41) is 21.1. The van der Waals surface area contributed by atoms with Crippen LogP contribution >= 0.6 is 0 Å². The molecule has 6 nitrogen and oxygen atoms in total. The van der Waals surface area contributed by atoms with E-state index in [0.717, 1.165) is 11.1 Å². The summed E-state index contributed by atoms with van der Waals surface area (Å²) >= 11 is 0. The van der Waals surface area contributed by atoms with Gasteiger partial charge in [0.25, 0.3) is 0 Å². The van der Waals surface area contributed by atoms with Gasteiger partial charge in [0.05, 0.1) is 6.42 Å². The van der Waals surface area contributed by atoms with E-state index in [9.17, 15) is 4.79 Å². The molecular formula is C16H16BNO5. The summed E-state index contributed by atoms with van der Waals surface area (Å²) in [6.45, 7) is 2.02. The van der Waals surface area contributed by atoms with Crippen LogP contribution in [0.25, 0.3) is 0 Å². The summed E-state index contributed by atoms with van der Waals surface area (Å²) in [5.74, 6) is 1.11. The smallest absolute Gasteiger partial charge is 0.454 e. The van der Waals surface area contributed by atoms with Crippen molar-refractivity contribution in [1.82, 2.24) is 0 Å². The van der Waals surface area contributed by atoms with E-state index >= 15 is 0 Å². The molecule has 118 valence electrons. The highest BCUT2D eigenvalue weighted by Crippen LogP contribution is 2.34. The first-order valence-electron chi connectivity index (χ1n) is 7.18. The second-order valence-corrected chi connectivity index (χ2v) is 5.35. The van der Waals surface area contributed by atoms with Crippen LogP contribution in [-0.2, 0) is 11.2 Å². The molecule has 3 N–H and O–H groups in total. The van der Waals surface area contributed by atoms with Crippen LogP contribution in [0, 0.1) is 6.92 Å². The van der Waals surface area contributed by atoms with Gasteiger partial charge in [-0.25, -0.2) is 0 Å². The summed E-state index contributed by atoms with van der Waals surface area (Å²) in [6, 6.07) is 10.2. The molecule has 7 heteroatoms. The quantitative estimate of drug-likeness (QED) is 0.719. The Labute approximate surface area is 133 Å². The molecule has 23 heavy (non-hydrogen) atoms. The molecular weight excluding hydrogens is 297 g/mol. The molecule has 1 aliphatic heterocycles. The third-order valence-corrected chi connectivity index (χ3v) is 3.67. The fourth-order valence-electron chi connectivity index (χ4n) is 2.43. The average molecular weight is 313 g/mol. The van der Waals surface area contributed by atoms with Crippen LogP contribution in [0.4, 0.5) is 5.69 Å². The van der Waals surface area contributed by atoms with E-state index < -0.39 is 7.12 Å². The summed E-state index contributed by atoms with van der Waals surface area (Å²) in [4.78, 5) is 12.2. The van der Waals surface area contributed by atoms with Crippen molar-refractivity contribution in [2.24, 2.45) is 0 Å². The van der Waals surface area contributed by atoms with Crippen LogP contribution in [0.2, 0.25) is 0 Å². The van der Waals surface area contributed by atoms with E-state index in [1.165, 1.54) is 0 Å². The van der Waals surface area contributed by atoms with Gasteiger partial charge in [0, 0.05) is 11.8 Å². The van der Waals surface area contributed by atoms with E-state index in [1.807, 2.05) is 6.92 Å². The first kappa shape index (κ1) is 15.4. The lowest BCUT2D eigenvalue weighted by Crippen LogP contribution is -2.30. The minimum atomic E-state index is -1.51. The minimum absolute atomic E-state index is 0.163. The second-order valence-electron chi connectivity index (χ2n) is 5.35. The highest BCUT2D eigenvalue weighted by Gasteiger charge is 2.15.